The van der Waals surface area contributed by atoms with E-state index in [-0.39, 0.29) is 19.0 Å². The first kappa shape index (κ1) is 6.74. The molecule has 0 radical (unpaired) electrons. The third-order valence-electron chi connectivity index (χ3n) is 1.17. The molecule has 1 aliphatic heterocycles. The highest BCUT2D eigenvalue weighted by Gasteiger charge is 2.21. The fourth-order valence-electron chi connectivity index (χ4n) is 0.690. The van der Waals surface area contributed by atoms with Crippen LogP contribution in [-0.4, -0.2) is 30.7 Å². The second kappa shape index (κ2) is 2.96. The summed E-state index contributed by atoms with van der Waals surface area (Å²) < 4.78 is 10.1. The number of hydrogen-bond donors (Lipinski definition) is 1. The van der Waals surface area contributed by atoms with Crippen LogP contribution in [0.15, 0.2) is 12.7 Å². The van der Waals surface area contributed by atoms with Crippen molar-refractivity contribution in [3.63, 3.8) is 0 Å². The Hall–Kier alpha value is -0.380. The van der Waals surface area contributed by atoms with Crippen molar-refractivity contribution < 1.29 is 14.6 Å². The van der Waals surface area contributed by atoms with Crippen LogP contribution in [0.5, 0.6) is 0 Å². The largest absolute Gasteiger partial charge is 0.394 e. The Morgan fingerprint density at radius 3 is 2.89 bits per heavy atom. The lowest BCUT2D eigenvalue weighted by molar-refractivity contribution is -0.0296. The van der Waals surface area contributed by atoms with E-state index >= 15 is 0 Å². The van der Waals surface area contributed by atoms with Crippen molar-refractivity contribution in [1.29, 1.82) is 0 Å². The number of aliphatic hydroxyl groups excluding tert-OH is 1. The molecular weight excluding hydrogens is 120 g/mol. The smallest absolute Gasteiger partial charge is 0.177 e. The number of hydrogen-bond acceptors (Lipinski definition) is 3. The van der Waals surface area contributed by atoms with Gasteiger partial charge in [0.05, 0.1) is 13.2 Å². The van der Waals surface area contributed by atoms with E-state index in [2.05, 4.69) is 6.58 Å². The summed E-state index contributed by atoms with van der Waals surface area (Å²) in [6.07, 6.45) is 1.09. The van der Waals surface area contributed by atoms with Gasteiger partial charge in [0, 0.05) is 0 Å². The summed E-state index contributed by atoms with van der Waals surface area (Å²) in [5, 5.41) is 8.54. The molecule has 1 fully saturated rings. The van der Waals surface area contributed by atoms with E-state index < -0.39 is 0 Å². The maximum absolute atomic E-state index is 8.54. The number of rotatable bonds is 2. The molecule has 52 valence electrons. The van der Waals surface area contributed by atoms with Crippen LogP contribution in [0.2, 0.25) is 0 Å². The van der Waals surface area contributed by atoms with E-state index in [0.29, 0.717) is 6.61 Å². The van der Waals surface area contributed by atoms with Gasteiger partial charge in [-0.3, -0.25) is 0 Å². The third-order valence-corrected chi connectivity index (χ3v) is 1.17. The molecule has 0 spiro atoms. The Bertz CT molecular complexity index is 102. The van der Waals surface area contributed by atoms with Crippen molar-refractivity contribution in [2.45, 2.75) is 12.4 Å². The highest BCUT2D eigenvalue weighted by atomic mass is 16.7. The average Bonchev–Trinajstić information content (AvgIpc) is 2.34. The minimum absolute atomic E-state index is 0.0182. The molecule has 1 rings (SSSR count). The Morgan fingerprint density at radius 2 is 2.56 bits per heavy atom. The van der Waals surface area contributed by atoms with E-state index in [0.717, 1.165) is 0 Å². The molecule has 0 aromatic rings. The van der Waals surface area contributed by atoms with Crippen molar-refractivity contribution in [2.75, 3.05) is 13.2 Å². The second-order valence-electron chi connectivity index (χ2n) is 1.88. The van der Waals surface area contributed by atoms with Gasteiger partial charge in [0.25, 0.3) is 0 Å². The fraction of sp³-hybridized carbons (Fsp3) is 0.667. The van der Waals surface area contributed by atoms with Crippen LogP contribution in [0, 0.1) is 0 Å². The average molecular weight is 130 g/mol. The first-order valence-corrected chi connectivity index (χ1v) is 2.87. The molecule has 3 nitrogen and oxygen atoms in total. The Kier molecular flexibility index (Phi) is 2.22. The summed E-state index contributed by atoms with van der Waals surface area (Å²) in [5.74, 6) is 0. The predicted octanol–water partition coefficient (Wildman–Crippen LogP) is -0.0938. The molecular formula is C6H10O3. The van der Waals surface area contributed by atoms with Crippen molar-refractivity contribution in [3.05, 3.63) is 12.7 Å². The van der Waals surface area contributed by atoms with Gasteiger partial charge in [-0.1, -0.05) is 6.58 Å². The number of ether oxygens (including phenoxy) is 2. The molecule has 0 aromatic heterocycles. The monoisotopic (exact) mass is 130 g/mol. The number of aliphatic hydroxyl groups is 1. The van der Waals surface area contributed by atoms with Gasteiger partial charge in [-0.05, 0) is 6.08 Å². The zero-order valence-corrected chi connectivity index (χ0v) is 5.12. The van der Waals surface area contributed by atoms with Crippen LogP contribution in [0.1, 0.15) is 0 Å². The third kappa shape index (κ3) is 1.51. The fourth-order valence-corrected chi connectivity index (χ4v) is 0.690. The summed E-state index contributed by atoms with van der Waals surface area (Å²) in [6, 6.07) is 0. The molecule has 1 N–H and O–H groups in total. The maximum Gasteiger partial charge on any atom is 0.177 e. The normalized spacial score (nSPS) is 34.8. The van der Waals surface area contributed by atoms with Crippen molar-refractivity contribution >= 4 is 0 Å². The van der Waals surface area contributed by atoms with E-state index in [4.69, 9.17) is 14.6 Å². The Morgan fingerprint density at radius 1 is 1.78 bits per heavy atom. The van der Waals surface area contributed by atoms with Gasteiger partial charge in [0.2, 0.25) is 0 Å². The molecule has 0 bridgehead atoms. The van der Waals surface area contributed by atoms with Crippen molar-refractivity contribution in [2.24, 2.45) is 0 Å². The second-order valence-corrected chi connectivity index (χ2v) is 1.88. The summed E-state index contributed by atoms with van der Waals surface area (Å²) in [6.45, 7) is 3.96. The minimum Gasteiger partial charge on any atom is -0.394 e. The molecule has 0 aliphatic carbocycles. The summed E-state index contributed by atoms with van der Waals surface area (Å²) in [5.41, 5.74) is 0. The van der Waals surface area contributed by atoms with Crippen LogP contribution in [0.3, 0.4) is 0 Å². The van der Waals surface area contributed by atoms with E-state index in [1.54, 1.807) is 6.08 Å². The van der Waals surface area contributed by atoms with Gasteiger partial charge in [-0.2, -0.15) is 0 Å². The highest BCUT2D eigenvalue weighted by Crippen LogP contribution is 2.10. The predicted molar refractivity (Wildman–Crippen MR) is 31.9 cm³/mol. The van der Waals surface area contributed by atoms with Crippen LogP contribution in [0.4, 0.5) is 0 Å². The van der Waals surface area contributed by atoms with Gasteiger partial charge in [0.1, 0.15) is 6.10 Å². The van der Waals surface area contributed by atoms with Crippen LogP contribution in [-0.2, 0) is 9.47 Å². The zero-order valence-electron chi connectivity index (χ0n) is 5.12. The molecule has 0 saturated carbocycles. The summed E-state index contributed by atoms with van der Waals surface area (Å²) >= 11 is 0. The molecule has 3 heteroatoms. The van der Waals surface area contributed by atoms with E-state index in [1.165, 1.54) is 0 Å². The maximum atomic E-state index is 8.54. The van der Waals surface area contributed by atoms with Gasteiger partial charge in [-0.15, -0.1) is 0 Å². The van der Waals surface area contributed by atoms with Crippen LogP contribution >= 0.6 is 0 Å². The van der Waals surface area contributed by atoms with Crippen LogP contribution in [0.25, 0.3) is 0 Å². The molecule has 2 atom stereocenters. The molecule has 1 saturated heterocycles. The lowest BCUT2D eigenvalue weighted by Gasteiger charge is -2.02. The molecule has 9 heavy (non-hydrogen) atoms. The zero-order chi connectivity index (χ0) is 6.69. The van der Waals surface area contributed by atoms with Crippen molar-refractivity contribution in [1.82, 2.24) is 0 Å². The topological polar surface area (TPSA) is 38.7 Å². The van der Waals surface area contributed by atoms with E-state index in [9.17, 15) is 0 Å². The first-order valence-electron chi connectivity index (χ1n) is 2.87. The standard InChI is InChI=1S/C6H10O3/c1-2-6-8-4-5(3-7)9-6/h2,5-7H,1,3-4H2/t5-,6-/m0/s1. The molecule has 1 aliphatic rings. The highest BCUT2D eigenvalue weighted by molar-refractivity contribution is 4.77. The van der Waals surface area contributed by atoms with Gasteiger partial charge in [0.15, 0.2) is 6.29 Å². The summed E-state index contributed by atoms with van der Waals surface area (Å²) in [7, 11) is 0. The quantitative estimate of drug-likeness (QED) is 0.531. The lowest BCUT2D eigenvalue weighted by atomic mass is 10.4. The van der Waals surface area contributed by atoms with Crippen LogP contribution < -0.4 is 0 Å². The van der Waals surface area contributed by atoms with Gasteiger partial charge < -0.3 is 14.6 Å². The Labute approximate surface area is 53.9 Å². The Balaban J connectivity index is 2.28. The molecule has 0 aromatic carbocycles. The van der Waals surface area contributed by atoms with Gasteiger partial charge >= 0.3 is 0 Å². The van der Waals surface area contributed by atoms with Crippen molar-refractivity contribution in [3.8, 4) is 0 Å². The summed E-state index contributed by atoms with van der Waals surface area (Å²) in [4.78, 5) is 0. The SMILES string of the molecule is C=C[C@H]1OC[C@H](CO)O1. The molecule has 0 unspecified atom stereocenters. The molecule has 1 heterocycles. The lowest BCUT2D eigenvalue weighted by Crippen LogP contribution is -2.15. The minimum atomic E-state index is -0.317. The van der Waals surface area contributed by atoms with E-state index in [1.807, 2.05) is 0 Å². The first-order chi connectivity index (χ1) is 4.36. The van der Waals surface area contributed by atoms with Gasteiger partial charge in [-0.25, -0.2) is 0 Å². The molecule has 0 amide bonds.